The van der Waals surface area contributed by atoms with Crippen LogP contribution in [0, 0.1) is 0 Å². The second-order valence-corrected chi connectivity index (χ2v) is 14.7. The first-order chi connectivity index (χ1) is 28.2. The number of nitrogens with zero attached hydrogens (tertiary/aromatic N) is 4. The molecule has 0 amide bonds. The molecule has 268 valence electrons. The van der Waals surface area contributed by atoms with Crippen molar-refractivity contribution in [3.63, 3.8) is 0 Å². The lowest BCUT2D eigenvalue weighted by Crippen LogP contribution is -2.15. The van der Waals surface area contributed by atoms with E-state index in [4.69, 9.17) is 24.1 Å². The molecule has 0 N–H and O–H groups in total. The van der Waals surface area contributed by atoms with Crippen molar-refractivity contribution in [1.82, 2.24) is 19.5 Å². The van der Waals surface area contributed by atoms with Crippen molar-refractivity contribution < 1.29 is 9.15 Å². The Labute approximate surface area is 327 Å². The van der Waals surface area contributed by atoms with E-state index in [9.17, 15) is 0 Å². The molecule has 0 bridgehead atoms. The van der Waals surface area contributed by atoms with Gasteiger partial charge in [-0.1, -0.05) is 133 Å². The van der Waals surface area contributed by atoms with Crippen molar-refractivity contribution in [2.24, 2.45) is 0 Å². The van der Waals surface area contributed by atoms with Crippen molar-refractivity contribution >= 4 is 43.7 Å². The van der Waals surface area contributed by atoms with Gasteiger partial charge in [0.05, 0.1) is 22.0 Å². The summed E-state index contributed by atoms with van der Waals surface area (Å²) in [6, 6.07) is 54.6. The number of para-hydroxylation sites is 3. The van der Waals surface area contributed by atoms with Crippen LogP contribution in [0.5, 0.6) is 5.75 Å². The number of hydrogen-bond donors (Lipinski definition) is 0. The number of ether oxygens (including phenoxy) is 1. The van der Waals surface area contributed by atoms with Gasteiger partial charge in [-0.05, 0) is 59.7 Å². The summed E-state index contributed by atoms with van der Waals surface area (Å²) in [6.07, 6.45) is 8.60. The third kappa shape index (κ3) is 5.00. The Kier molecular flexibility index (Phi) is 6.95. The Hall–Kier alpha value is -7.57. The highest BCUT2D eigenvalue weighted by atomic mass is 16.5. The topological polar surface area (TPSA) is 66.0 Å². The van der Waals surface area contributed by atoms with E-state index in [1.165, 1.54) is 5.56 Å². The maximum atomic E-state index is 6.69. The third-order valence-corrected chi connectivity index (χ3v) is 11.4. The minimum Gasteiger partial charge on any atom is -0.484 e. The SMILES string of the molecule is C1=CC2Oc3c(ccc4c3c3ccccc3n4-c3cccc(-c4nc(-c5cccc(-c6ccccc6)c5)nc(-c5cccc6c5oc5ccccc56)n4)c3)C2C=C1. The predicted molar refractivity (Wildman–Crippen MR) is 229 cm³/mol. The quantitative estimate of drug-likeness (QED) is 0.176. The van der Waals surface area contributed by atoms with E-state index < -0.39 is 0 Å². The number of rotatable bonds is 5. The normalized spacial score (nSPS) is 15.7. The average molecular weight is 733 g/mol. The highest BCUT2D eigenvalue weighted by Crippen LogP contribution is 2.49. The van der Waals surface area contributed by atoms with E-state index in [1.54, 1.807) is 0 Å². The summed E-state index contributed by atoms with van der Waals surface area (Å²) in [4.78, 5) is 15.6. The molecule has 2 aliphatic rings. The standard InChI is InChI=1S/C51H32N4O2/c1-2-13-31(14-3-1)32-15-10-16-33(29-32)49-52-50(54-51(53-49)41-23-12-22-38-36-19-5-8-25-44(36)56-47(38)41)34-17-11-18-35(30-34)55-42-24-7-4-21-40(42)46-43(55)28-27-39-37-20-6-9-26-45(37)57-48(39)46/h1-30,37,45H. The summed E-state index contributed by atoms with van der Waals surface area (Å²) in [7, 11) is 0. The van der Waals surface area contributed by atoms with Gasteiger partial charge in [0.15, 0.2) is 17.5 Å². The van der Waals surface area contributed by atoms with Crippen LogP contribution in [0.25, 0.3) is 94.7 Å². The largest absolute Gasteiger partial charge is 0.484 e. The molecule has 1 aliphatic heterocycles. The van der Waals surface area contributed by atoms with Gasteiger partial charge >= 0.3 is 0 Å². The number of aromatic nitrogens is 4. The molecule has 2 atom stereocenters. The van der Waals surface area contributed by atoms with Gasteiger partial charge in [0.1, 0.15) is 23.0 Å². The van der Waals surface area contributed by atoms with Crippen LogP contribution in [0.2, 0.25) is 0 Å². The zero-order valence-corrected chi connectivity index (χ0v) is 30.6. The fraction of sp³-hybridized carbons (Fsp3) is 0.0392. The molecule has 57 heavy (non-hydrogen) atoms. The van der Waals surface area contributed by atoms with Gasteiger partial charge in [-0.25, -0.2) is 15.0 Å². The van der Waals surface area contributed by atoms with E-state index >= 15 is 0 Å². The summed E-state index contributed by atoms with van der Waals surface area (Å²) >= 11 is 0. The van der Waals surface area contributed by atoms with Crippen molar-refractivity contribution in [1.29, 1.82) is 0 Å². The lowest BCUT2D eigenvalue weighted by molar-refractivity contribution is 0.271. The monoisotopic (exact) mass is 732 g/mol. The van der Waals surface area contributed by atoms with Crippen LogP contribution >= 0.6 is 0 Å². The second kappa shape index (κ2) is 12.5. The highest BCUT2D eigenvalue weighted by molar-refractivity contribution is 6.13. The van der Waals surface area contributed by atoms with Crippen LogP contribution in [0.3, 0.4) is 0 Å². The minimum atomic E-state index is 0.00655. The molecule has 10 aromatic rings. The van der Waals surface area contributed by atoms with E-state index in [0.29, 0.717) is 17.5 Å². The summed E-state index contributed by atoms with van der Waals surface area (Å²) in [5.74, 6) is 2.88. The van der Waals surface area contributed by atoms with Gasteiger partial charge in [-0.15, -0.1) is 0 Å². The molecule has 7 aromatic carbocycles. The lowest BCUT2D eigenvalue weighted by atomic mass is 9.91. The van der Waals surface area contributed by atoms with Gasteiger partial charge in [-0.3, -0.25) is 0 Å². The van der Waals surface area contributed by atoms with Crippen molar-refractivity contribution in [3.8, 4) is 56.7 Å². The average Bonchev–Trinajstić information content (AvgIpc) is 3.96. The Morgan fingerprint density at radius 2 is 1.18 bits per heavy atom. The molecule has 4 heterocycles. The lowest BCUT2D eigenvalue weighted by Gasteiger charge is -2.13. The van der Waals surface area contributed by atoms with Crippen molar-refractivity contribution in [2.45, 2.75) is 12.0 Å². The zero-order chi connectivity index (χ0) is 37.5. The molecular weight excluding hydrogens is 701 g/mol. The van der Waals surface area contributed by atoms with Crippen LogP contribution in [-0.2, 0) is 0 Å². The van der Waals surface area contributed by atoms with Crippen LogP contribution in [0.1, 0.15) is 11.5 Å². The fourth-order valence-corrected chi connectivity index (χ4v) is 8.76. The van der Waals surface area contributed by atoms with Crippen molar-refractivity contribution in [2.75, 3.05) is 0 Å². The summed E-state index contributed by atoms with van der Waals surface area (Å²) in [5.41, 5.74) is 10.8. The van der Waals surface area contributed by atoms with E-state index in [1.807, 2.05) is 36.4 Å². The maximum absolute atomic E-state index is 6.69. The van der Waals surface area contributed by atoms with Crippen LogP contribution in [-0.4, -0.2) is 25.6 Å². The minimum absolute atomic E-state index is 0.00655. The fourth-order valence-electron chi connectivity index (χ4n) is 8.76. The number of allylic oxidation sites excluding steroid dienone is 2. The highest BCUT2D eigenvalue weighted by Gasteiger charge is 2.34. The Morgan fingerprint density at radius 1 is 0.491 bits per heavy atom. The van der Waals surface area contributed by atoms with Gasteiger partial charge in [0.2, 0.25) is 0 Å². The first-order valence-corrected chi connectivity index (χ1v) is 19.3. The van der Waals surface area contributed by atoms with Gasteiger partial charge in [0, 0.05) is 44.5 Å². The van der Waals surface area contributed by atoms with Crippen LogP contribution in [0.15, 0.2) is 186 Å². The molecule has 0 fully saturated rings. The zero-order valence-electron chi connectivity index (χ0n) is 30.6. The molecule has 12 rings (SSSR count). The molecule has 1 aliphatic carbocycles. The molecule has 2 unspecified atom stereocenters. The van der Waals surface area contributed by atoms with Crippen LogP contribution < -0.4 is 4.74 Å². The van der Waals surface area contributed by atoms with Gasteiger partial charge in [-0.2, -0.15) is 0 Å². The van der Waals surface area contributed by atoms with Gasteiger partial charge in [0.25, 0.3) is 0 Å². The van der Waals surface area contributed by atoms with E-state index in [2.05, 4.69) is 150 Å². The summed E-state index contributed by atoms with van der Waals surface area (Å²) < 4.78 is 15.5. The van der Waals surface area contributed by atoms with Gasteiger partial charge < -0.3 is 13.7 Å². The first kappa shape index (κ1) is 31.7. The Balaban J connectivity index is 1.06. The third-order valence-electron chi connectivity index (χ3n) is 11.4. The van der Waals surface area contributed by atoms with E-state index in [0.717, 1.165) is 83.0 Å². The Bertz CT molecular complexity index is 3300. The smallest absolute Gasteiger partial charge is 0.167 e. The van der Waals surface area contributed by atoms with E-state index in [-0.39, 0.29) is 12.0 Å². The summed E-state index contributed by atoms with van der Waals surface area (Å²) in [6.45, 7) is 0. The second-order valence-electron chi connectivity index (χ2n) is 14.7. The molecule has 6 nitrogen and oxygen atoms in total. The number of benzene rings is 7. The number of hydrogen-bond acceptors (Lipinski definition) is 5. The van der Waals surface area contributed by atoms with Crippen molar-refractivity contribution in [3.05, 3.63) is 188 Å². The molecular formula is C51H32N4O2. The number of furan rings is 1. The predicted octanol–water partition coefficient (Wildman–Crippen LogP) is 12.5. The summed E-state index contributed by atoms with van der Waals surface area (Å²) in [5, 5.41) is 4.36. The maximum Gasteiger partial charge on any atom is 0.167 e. The molecule has 6 heteroatoms. The molecule has 0 saturated heterocycles. The molecule has 0 saturated carbocycles. The van der Waals surface area contributed by atoms with Crippen LogP contribution in [0.4, 0.5) is 0 Å². The number of fused-ring (bicyclic) bond motifs is 10. The first-order valence-electron chi connectivity index (χ1n) is 19.3. The molecule has 0 spiro atoms. The molecule has 3 aromatic heterocycles. The molecule has 0 radical (unpaired) electrons. The Morgan fingerprint density at radius 3 is 2.07 bits per heavy atom.